The van der Waals surface area contributed by atoms with Crippen LogP contribution in [0, 0.1) is 0 Å². The molecule has 0 saturated carbocycles. The van der Waals surface area contributed by atoms with Gasteiger partial charge in [0.2, 0.25) is 30.1 Å². The van der Waals surface area contributed by atoms with Gasteiger partial charge in [-0.3, -0.25) is 42.0 Å². The summed E-state index contributed by atoms with van der Waals surface area (Å²) in [5.74, 6) is -6.63. The van der Waals surface area contributed by atoms with Crippen LogP contribution in [0.5, 0.6) is 0 Å². The van der Waals surface area contributed by atoms with Crippen molar-refractivity contribution < 1.29 is 133 Å². The first-order valence-electron chi connectivity index (χ1n) is 35.9. The summed E-state index contributed by atoms with van der Waals surface area (Å²) in [6.45, 7) is 13.5. The lowest BCUT2D eigenvalue weighted by Crippen LogP contribution is -2.43. The van der Waals surface area contributed by atoms with Gasteiger partial charge in [0, 0.05) is 44.8 Å². The van der Waals surface area contributed by atoms with E-state index in [1.807, 2.05) is 0 Å². The molecule has 7 aromatic rings. The molecular formula is C76H95N9O31P2. The second kappa shape index (κ2) is 47.2. The predicted molar refractivity (Wildman–Crippen MR) is 416 cm³/mol. The number of amides is 3. The molecule has 1 unspecified atom stereocenters. The number of esters is 5. The third-order valence-electron chi connectivity index (χ3n) is 16.0. The highest BCUT2D eigenvalue weighted by Gasteiger charge is 2.56. The smallest absolute Gasteiger partial charge is 0.356 e. The molecule has 0 radical (unpaired) electrons. The number of carboxylic acids is 1. The molecule has 118 heavy (non-hydrogen) atoms. The molecule has 7 N–H and O–H groups in total. The zero-order valence-electron chi connectivity index (χ0n) is 63.7. The van der Waals surface area contributed by atoms with Crippen LogP contribution in [0.1, 0.15) is 150 Å². The Morgan fingerprint density at radius 2 is 0.737 bits per heavy atom. The summed E-state index contributed by atoms with van der Waals surface area (Å²) in [5, 5.41) is 46.2. The molecule has 0 spiro atoms. The number of benzene rings is 4. The molecule has 12 atom stereocenters. The zero-order valence-corrected chi connectivity index (χ0v) is 65.5. The van der Waals surface area contributed by atoms with Gasteiger partial charge in [-0.1, -0.05) is 108 Å². The van der Waals surface area contributed by atoms with E-state index in [9.17, 15) is 82.0 Å². The van der Waals surface area contributed by atoms with E-state index in [0.29, 0.717) is 0 Å². The topological polar surface area (TPSA) is 529 Å². The number of carbonyl (C=O) groups is 9. The average Bonchev–Trinajstić information content (AvgIpc) is 1.63. The van der Waals surface area contributed by atoms with E-state index in [1.54, 1.807) is 121 Å². The van der Waals surface area contributed by atoms with Gasteiger partial charge >= 0.3 is 68.1 Å². The molecule has 10 rings (SSSR count). The van der Waals surface area contributed by atoms with Gasteiger partial charge in [-0.25, -0.2) is 38.4 Å². The van der Waals surface area contributed by atoms with Crippen molar-refractivity contribution in [3.05, 3.63) is 212 Å². The van der Waals surface area contributed by atoms with Gasteiger partial charge < -0.3 is 97.1 Å². The first-order chi connectivity index (χ1) is 55.5. The quantitative estimate of drug-likeness (QED) is 0.0127. The number of aliphatic hydroxyl groups excluding tert-OH is 3. The van der Waals surface area contributed by atoms with Crippen LogP contribution in [-0.2, 0) is 93.8 Å². The SMILES string of the molecule is C.C.CCC(=O)Nc1ccn([C@@H]2OC(OC(C)=O)[C@@H](OC(=O)c3ccccc3)[C@@H]2OC(=O)c2ccccc2)c(=O)n1.CCC(=O)Nc1ccn([C@@H]2O[C@H](C(=O)O)[C@@H](OC(=O)c3ccccc3)[C@@H]2OC(=O)c2ccccc2)c(=O)n1.CCOP(=O)(CO)OCC.CCOP(=O)(CO[C@H]1O[C@@H](n2ccc(NC(=O)CC)nc2=O)[C@@H](O)[C@@H]1O)OCC. The van der Waals surface area contributed by atoms with Crippen LogP contribution in [0.3, 0.4) is 0 Å². The van der Waals surface area contributed by atoms with E-state index in [4.69, 9.17) is 65.8 Å². The molecule has 3 aliphatic heterocycles. The monoisotopic (exact) mass is 1690 g/mol. The number of carboxylic acid groups (broad SMARTS) is 1. The van der Waals surface area contributed by atoms with Crippen LogP contribution in [0.2, 0.25) is 0 Å². The van der Waals surface area contributed by atoms with Crippen LogP contribution in [-0.4, -0.2) is 197 Å². The summed E-state index contributed by atoms with van der Waals surface area (Å²) in [4.78, 5) is 160. The molecule has 3 amide bonds. The maximum atomic E-state index is 13.0. The van der Waals surface area contributed by atoms with Crippen molar-refractivity contribution in [1.82, 2.24) is 28.7 Å². The number of aliphatic hydroxyl groups is 3. The second-order valence-corrected chi connectivity index (χ2v) is 28.2. The largest absolute Gasteiger partial charge is 0.479 e. The fourth-order valence-electron chi connectivity index (χ4n) is 10.6. The molecule has 4 aromatic carbocycles. The second-order valence-electron chi connectivity index (χ2n) is 24.2. The normalized spacial score (nSPS) is 20.2. The van der Waals surface area contributed by atoms with Crippen molar-refractivity contribution in [2.24, 2.45) is 0 Å². The van der Waals surface area contributed by atoms with Crippen molar-refractivity contribution in [3.63, 3.8) is 0 Å². The highest BCUT2D eigenvalue weighted by atomic mass is 31.2. The maximum absolute atomic E-state index is 13.0. The number of hydrogen-bond donors (Lipinski definition) is 7. The molecular weight excluding hydrogens is 1600 g/mol. The van der Waals surface area contributed by atoms with Crippen LogP contribution in [0.4, 0.5) is 17.5 Å². The third kappa shape index (κ3) is 27.4. The first kappa shape index (κ1) is 97.3. The number of anilines is 3. The van der Waals surface area contributed by atoms with Crippen LogP contribution in [0.15, 0.2) is 173 Å². The number of ether oxygens (including phenoxy) is 9. The number of hydrogen-bond acceptors (Lipinski definition) is 33. The standard InChI is InChI=1S/C27H25N3O9.C26H23N3O9.C16H26N3O9P.C5H13O4P.2CH4/c1-3-20(32)28-19-14-15-30(27(35)29-19)23-21(37-24(33)17-10-6-4-7-11-17)22(26(39-23)36-16(2)31)38-25(34)18-12-8-5-9-13-18;1-2-18(30)27-17-13-14-29(26(35)28-17)22-20(38-25(34)16-11-7-4-8-12-16)19(21(36-22)23(31)32)37-24(33)15-9-5-3-6-10-15;1-4-11(20)17-10-7-8-19(16(23)18-10)14-12(21)13(22)15(28-14)25-9-29(24,26-5-2)27-6-3;1-3-8-10(7,5-6)9-4-2;;/h4-15,21-23,26H,3H2,1-2H3,(H,28,29,32,35);3-14,19-22H,2H2,1H3,(H,31,32)(H,27,28,30,35);7-8,12-15,21-22H,4-6,9H2,1-3H3,(H,17,18,20,23);6H,3-5H2,1-2H3;2*1H4/t21-,22-,23+,26?;19-,20-,21-,22+;12-,13-,14+,15-;;;/m000.../s1. The van der Waals surface area contributed by atoms with Gasteiger partial charge in [-0.15, -0.1) is 0 Å². The van der Waals surface area contributed by atoms with Gasteiger partial charge in [0.15, 0.2) is 55.7 Å². The Labute approximate surface area is 675 Å². The van der Waals surface area contributed by atoms with Crippen molar-refractivity contribution >= 4 is 86.2 Å². The number of nitrogens with one attached hydrogen (secondary N) is 3. The van der Waals surface area contributed by atoms with E-state index in [2.05, 4.69) is 30.9 Å². The first-order valence-corrected chi connectivity index (χ1v) is 39.4. The number of rotatable bonds is 31. The Hall–Kier alpha value is -11.2. The Morgan fingerprint density at radius 3 is 1.06 bits per heavy atom. The lowest BCUT2D eigenvalue weighted by Gasteiger charge is -2.24. The van der Waals surface area contributed by atoms with Gasteiger partial charge in [0.25, 0.3) is 0 Å². The molecule has 3 aromatic heterocycles. The minimum absolute atomic E-state index is 0. The fourth-order valence-corrected chi connectivity index (χ4v) is 13.0. The van der Waals surface area contributed by atoms with Gasteiger partial charge in [0.05, 0.1) is 48.7 Å². The molecule has 42 heteroatoms. The maximum Gasteiger partial charge on any atom is 0.356 e. The number of aliphatic carboxylic acids is 1. The van der Waals surface area contributed by atoms with E-state index in [1.165, 1.54) is 85.3 Å². The van der Waals surface area contributed by atoms with Crippen LogP contribution in [0.25, 0.3) is 0 Å². The van der Waals surface area contributed by atoms with E-state index in [-0.39, 0.29) is 118 Å². The Morgan fingerprint density at radius 1 is 0.424 bits per heavy atom. The van der Waals surface area contributed by atoms with E-state index < -0.39 is 155 Å². The summed E-state index contributed by atoms with van der Waals surface area (Å²) >= 11 is 0. The number of carbonyl (C=O) groups excluding carboxylic acids is 8. The van der Waals surface area contributed by atoms with Crippen molar-refractivity contribution in [3.8, 4) is 0 Å². The molecule has 40 nitrogen and oxygen atoms in total. The summed E-state index contributed by atoms with van der Waals surface area (Å²) in [6, 6.07) is 35.6. The Balaban J connectivity index is 0.000000298. The van der Waals surface area contributed by atoms with Gasteiger partial charge in [-0.05, 0) is 94.4 Å². The van der Waals surface area contributed by atoms with Gasteiger partial charge in [-0.2, -0.15) is 15.0 Å². The lowest BCUT2D eigenvalue weighted by molar-refractivity contribution is -0.191. The molecule has 3 aliphatic rings. The summed E-state index contributed by atoms with van der Waals surface area (Å²) in [7, 11) is -6.70. The molecule has 640 valence electrons. The Kier molecular flexibility index (Phi) is 39.0. The van der Waals surface area contributed by atoms with E-state index in [0.717, 1.165) is 20.6 Å². The van der Waals surface area contributed by atoms with Crippen LogP contribution < -0.4 is 33.0 Å². The summed E-state index contributed by atoms with van der Waals surface area (Å²) in [6.07, 6.45) is -14.8. The predicted octanol–water partition coefficient (Wildman–Crippen LogP) is 7.37. The van der Waals surface area contributed by atoms with Crippen molar-refractivity contribution in [1.29, 1.82) is 0 Å². The highest BCUT2D eigenvalue weighted by Crippen LogP contribution is 2.49. The van der Waals surface area contributed by atoms with E-state index >= 15 is 0 Å². The molecule has 3 fully saturated rings. The van der Waals surface area contributed by atoms with Gasteiger partial charge in [0.1, 0.15) is 36.0 Å². The van der Waals surface area contributed by atoms with Crippen molar-refractivity contribution in [2.75, 3.05) is 55.1 Å². The number of nitrogens with zero attached hydrogens (tertiary/aromatic N) is 6. The lowest BCUT2D eigenvalue weighted by atomic mass is 10.1. The minimum atomic E-state index is -3.56. The number of aromatic nitrogens is 6. The molecule has 0 bridgehead atoms. The highest BCUT2D eigenvalue weighted by molar-refractivity contribution is 7.53. The molecule has 3 saturated heterocycles. The molecule has 6 heterocycles. The minimum Gasteiger partial charge on any atom is -0.479 e. The average molecular weight is 1690 g/mol. The third-order valence-corrected chi connectivity index (χ3v) is 19.4. The Bertz CT molecular complexity index is 4760. The summed E-state index contributed by atoms with van der Waals surface area (Å²) in [5.41, 5.74) is -1.97. The zero-order chi connectivity index (χ0) is 84.8. The van der Waals surface area contributed by atoms with Crippen LogP contribution >= 0.6 is 15.2 Å². The molecule has 0 aliphatic carbocycles. The van der Waals surface area contributed by atoms with Crippen molar-refractivity contribution in [2.45, 2.75) is 163 Å². The summed E-state index contributed by atoms with van der Waals surface area (Å²) < 4.78 is 95.8. The fraction of sp³-hybridized carbons (Fsp3) is 0.408.